The van der Waals surface area contributed by atoms with Gasteiger partial charge in [0.2, 0.25) is 0 Å². The SMILES string of the molecule is Cc1cnc(-c2ccc(C[C@H](NC(=O)c3c(F)cc(N4CCOC[C@@H]4C(F)(F)F)cc3F)C(=O)O)n3ccnc23)c(C(F)(F)F)c1. The highest BCUT2D eigenvalue weighted by atomic mass is 19.4. The topological polar surface area (TPSA) is 109 Å². The van der Waals surface area contributed by atoms with E-state index < -0.39 is 83.5 Å². The molecular formula is C29H23F8N5O4. The summed E-state index contributed by atoms with van der Waals surface area (Å²) in [6, 6.07) is 0.557. The van der Waals surface area contributed by atoms with Crippen LogP contribution in [0, 0.1) is 18.6 Å². The molecule has 0 saturated carbocycles. The highest BCUT2D eigenvalue weighted by Gasteiger charge is 2.46. The number of ether oxygens (including phenoxy) is 1. The number of benzene rings is 1. The molecule has 0 bridgehead atoms. The molecule has 1 saturated heterocycles. The number of carboxylic acid groups (broad SMARTS) is 1. The van der Waals surface area contributed by atoms with E-state index in [1.807, 2.05) is 5.32 Å². The summed E-state index contributed by atoms with van der Waals surface area (Å²) in [5.41, 5.74) is -2.77. The summed E-state index contributed by atoms with van der Waals surface area (Å²) in [6.45, 7) is 0.189. The van der Waals surface area contributed by atoms with E-state index in [1.54, 1.807) is 0 Å². The van der Waals surface area contributed by atoms with Gasteiger partial charge in [-0.1, -0.05) is 0 Å². The van der Waals surface area contributed by atoms with Gasteiger partial charge in [0.05, 0.1) is 24.5 Å². The van der Waals surface area contributed by atoms with Gasteiger partial charge in [-0.15, -0.1) is 0 Å². The Bertz CT molecular complexity index is 1780. The number of aryl methyl sites for hydroxylation is 1. The molecule has 0 aliphatic carbocycles. The van der Waals surface area contributed by atoms with Crippen molar-refractivity contribution >= 4 is 23.2 Å². The smallest absolute Gasteiger partial charge is 0.418 e. The lowest BCUT2D eigenvalue weighted by Gasteiger charge is -2.38. The molecule has 17 heteroatoms. The predicted molar refractivity (Wildman–Crippen MR) is 145 cm³/mol. The third kappa shape index (κ3) is 6.45. The molecule has 1 aliphatic rings. The monoisotopic (exact) mass is 657 g/mol. The summed E-state index contributed by atoms with van der Waals surface area (Å²) >= 11 is 0. The number of amides is 1. The quantitative estimate of drug-likeness (QED) is 0.263. The largest absolute Gasteiger partial charge is 0.480 e. The summed E-state index contributed by atoms with van der Waals surface area (Å²) in [5, 5.41) is 11.8. The van der Waals surface area contributed by atoms with Crippen molar-refractivity contribution in [3.63, 3.8) is 0 Å². The Morgan fingerprint density at radius 2 is 1.78 bits per heavy atom. The molecule has 1 amide bonds. The molecule has 3 aromatic heterocycles. The first kappa shape index (κ1) is 32.6. The van der Waals surface area contributed by atoms with Crippen LogP contribution in [0.4, 0.5) is 40.8 Å². The third-order valence-electron chi connectivity index (χ3n) is 7.33. The molecule has 1 fully saturated rings. The summed E-state index contributed by atoms with van der Waals surface area (Å²) < 4.78 is 118. The van der Waals surface area contributed by atoms with Crippen molar-refractivity contribution in [2.75, 3.05) is 24.7 Å². The number of imidazole rings is 1. The number of nitrogens with one attached hydrogen (secondary N) is 1. The van der Waals surface area contributed by atoms with Crippen molar-refractivity contribution in [3.8, 4) is 11.3 Å². The number of alkyl halides is 6. The van der Waals surface area contributed by atoms with E-state index in [2.05, 4.69) is 9.97 Å². The molecule has 244 valence electrons. The maximum atomic E-state index is 15.0. The second-order valence-electron chi connectivity index (χ2n) is 10.4. The summed E-state index contributed by atoms with van der Waals surface area (Å²) in [7, 11) is 0. The van der Waals surface area contributed by atoms with Crippen LogP contribution in [0.15, 0.2) is 48.9 Å². The lowest BCUT2D eigenvalue weighted by atomic mass is 10.0. The Kier molecular flexibility index (Phi) is 8.63. The number of morpholine rings is 1. The number of rotatable bonds is 7. The maximum absolute atomic E-state index is 15.0. The van der Waals surface area contributed by atoms with Gasteiger partial charge >= 0.3 is 18.3 Å². The molecule has 0 spiro atoms. The average Bonchev–Trinajstić information content (AvgIpc) is 3.46. The number of pyridine rings is 2. The molecule has 1 aromatic carbocycles. The first-order chi connectivity index (χ1) is 21.6. The molecule has 2 N–H and O–H groups in total. The lowest BCUT2D eigenvalue weighted by Crippen LogP contribution is -2.53. The molecule has 4 aromatic rings. The van der Waals surface area contributed by atoms with E-state index in [9.17, 15) is 41.0 Å². The molecule has 1 aliphatic heterocycles. The summed E-state index contributed by atoms with van der Waals surface area (Å²) in [4.78, 5) is 33.7. The summed E-state index contributed by atoms with van der Waals surface area (Å²) in [5.74, 6) is -6.18. The van der Waals surface area contributed by atoms with E-state index >= 15 is 8.78 Å². The molecule has 0 radical (unpaired) electrons. The minimum absolute atomic E-state index is 0.0113. The number of nitrogens with zero attached hydrogens (tertiary/aromatic N) is 4. The number of hydrogen-bond acceptors (Lipinski definition) is 6. The first-order valence-corrected chi connectivity index (χ1v) is 13.5. The molecular weight excluding hydrogens is 634 g/mol. The Balaban J connectivity index is 1.42. The van der Waals surface area contributed by atoms with Crippen LogP contribution in [-0.4, -0.2) is 69.4 Å². The second kappa shape index (κ2) is 12.2. The third-order valence-corrected chi connectivity index (χ3v) is 7.33. The van der Waals surface area contributed by atoms with Crippen LogP contribution in [0.2, 0.25) is 0 Å². The van der Waals surface area contributed by atoms with Crippen LogP contribution in [0.3, 0.4) is 0 Å². The lowest BCUT2D eigenvalue weighted by molar-refractivity contribution is -0.167. The van der Waals surface area contributed by atoms with E-state index in [0.717, 1.165) is 6.07 Å². The number of carbonyl (C=O) groups is 2. The Labute approximate surface area is 254 Å². The van der Waals surface area contributed by atoms with Gasteiger partial charge in [-0.05, 0) is 42.8 Å². The first-order valence-electron chi connectivity index (χ1n) is 13.5. The number of halogens is 8. The van der Waals surface area contributed by atoms with Crippen LogP contribution in [0.5, 0.6) is 0 Å². The Morgan fingerprint density at radius 3 is 2.41 bits per heavy atom. The van der Waals surface area contributed by atoms with Gasteiger partial charge in [0.15, 0.2) is 0 Å². The Morgan fingerprint density at radius 1 is 1.09 bits per heavy atom. The normalized spacial score (nSPS) is 16.5. The van der Waals surface area contributed by atoms with E-state index in [0.29, 0.717) is 17.0 Å². The van der Waals surface area contributed by atoms with Gasteiger partial charge in [0.25, 0.3) is 5.91 Å². The minimum atomic E-state index is -4.78. The van der Waals surface area contributed by atoms with Gasteiger partial charge in [0, 0.05) is 48.5 Å². The molecule has 46 heavy (non-hydrogen) atoms. The van der Waals surface area contributed by atoms with E-state index in [1.165, 1.54) is 42.0 Å². The zero-order chi connectivity index (χ0) is 33.6. The highest BCUT2D eigenvalue weighted by molar-refractivity contribution is 5.97. The van der Waals surface area contributed by atoms with Crippen LogP contribution in [0.25, 0.3) is 16.9 Å². The number of hydrogen-bond donors (Lipinski definition) is 2. The van der Waals surface area contributed by atoms with Gasteiger partial charge in [0.1, 0.15) is 34.9 Å². The minimum Gasteiger partial charge on any atom is -0.480 e. The van der Waals surface area contributed by atoms with Crippen molar-refractivity contribution in [2.24, 2.45) is 0 Å². The van der Waals surface area contributed by atoms with Crippen molar-refractivity contribution in [1.82, 2.24) is 19.7 Å². The maximum Gasteiger partial charge on any atom is 0.418 e. The fraction of sp³-hybridized carbons (Fsp3) is 0.310. The number of aromatic nitrogens is 3. The molecule has 4 heterocycles. The van der Waals surface area contributed by atoms with Crippen LogP contribution in [-0.2, 0) is 22.1 Å². The van der Waals surface area contributed by atoms with Crippen LogP contribution >= 0.6 is 0 Å². The predicted octanol–water partition coefficient (Wildman–Crippen LogP) is 5.19. The van der Waals surface area contributed by atoms with Gasteiger partial charge < -0.3 is 24.5 Å². The number of fused-ring (bicyclic) bond motifs is 1. The van der Waals surface area contributed by atoms with E-state index in [-0.39, 0.29) is 35.6 Å². The number of carboxylic acids is 1. The summed E-state index contributed by atoms with van der Waals surface area (Å²) in [6.07, 6.45) is -6.20. The zero-order valence-electron chi connectivity index (χ0n) is 23.6. The number of aliphatic carboxylic acids is 1. The number of anilines is 1. The van der Waals surface area contributed by atoms with Crippen molar-refractivity contribution in [2.45, 2.75) is 37.8 Å². The van der Waals surface area contributed by atoms with Crippen LogP contribution < -0.4 is 10.2 Å². The standard InChI is InChI=1S/C29H23F8N5O4/c1-14-8-18(28(32,33)34)24(39-12-14)17-3-2-15(42-5-4-38-25(17)42)11-21(27(44)45)40-26(43)23-19(30)9-16(10-20(23)31)41-6-7-46-13-22(41)29(35,36)37/h2-5,8-10,12,21-22H,6-7,11,13H2,1H3,(H,40,43)(H,44,45)/t21-,22+/m0/s1. The van der Waals surface area contributed by atoms with Crippen molar-refractivity contribution in [1.29, 1.82) is 0 Å². The fourth-order valence-corrected chi connectivity index (χ4v) is 5.19. The molecule has 5 rings (SSSR count). The second-order valence-corrected chi connectivity index (χ2v) is 10.4. The van der Waals surface area contributed by atoms with Gasteiger partial charge in [-0.25, -0.2) is 18.6 Å². The zero-order valence-corrected chi connectivity index (χ0v) is 23.6. The highest BCUT2D eigenvalue weighted by Crippen LogP contribution is 2.38. The van der Waals surface area contributed by atoms with Crippen LogP contribution in [0.1, 0.15) is 27.2 Å². The average molecular weight is 658 g/mol. The van der Waals surface area contributed by atoms with Gasteiger partial charge in [-0.2, -0.15) is 26.3 Å². The van der Waals surface area contributed by atoms with E-state index in [4.69, 9.17) is 4.74 Å². The van der Waals surface area contributed by atoms with Gasteiger partial charge in [-0.3, -0.25) is 9.78 Å². The van der Waals surface area contributed by atoms with Crippen molar-refractivity contribution < 1.29 is 54.6 Å². The number of carbonyl (C=O) groups excluding carboxylic acids is 1. The molecule has 0 unspecified atom stereocenters. The molecule has 2 atom stereocenters. The fourth-order valence-electron chi connectivity index (χ4n) is 5.19. The molecule has 9 nitrogen and oxygen atoms in total. The Hall–Kier alpha value is -4.80. The van der Waals surface area contributed by atoms with Crippen molar-refractivity contribution in [3.05, 3.63) is 82.9 Å².